The van der Waals surface area contributed by atoms with Crippen LogP contribution < -0.4 is 0 Å². The number of hydrogen-bond acceptors (Lipinski definition) is 1. The van der Waals surface area contributed by atoms with E-state index in [1.54, 1.807) is 0 Å². The van der Waals surface area contributed by atoms with Gasteiger partial charge in [0.1, 0.15) is 11.2 Å². The first kappa shape index (κ1) is 13.3. The van der Waals surface area contributed by atoms with E-state index in [4.69, 9.17) is 4.42 Å². The number of para-hydroxylation sites is 1. The Morgan fingerprint density at radius 3 is 2.38 bits per heavy atom. The van der Waals surface area contributed by atoms with Crippen molar-refractivity contribution in [3.05, 3.63) is 68.7 Å². The van der Waals surface area contributed by atoms with E-state index >= 15 is 0 Å². The van der Waals surface area contributed by atoms with Gasteiger partial charge in [0.25, 0.3) is 0 Å². The van der Waals surface area contributed by atoms with E-state index in [2.05, 4.69) is 81.0 Å². The standard InChI is InChI=1S/C18H10BrIO/c19-15-9-12(11-5-7-13(20)8-6-11)10-17-18(15)14-3-1-2-4-16(14)21-17/h1-10H. The highest BCUT2D eigenvalue weighted by Crippen LogP contribution is 2.37. The van der Waals surface area contributed by atoms with Crippen molar-refractivity contribution in [2.75, 3.05) is 0 Å². The Hall–Kier alpha value is -1.33. The molecule has 0 spiro atoms. The van der Waals surface area contributed by atoms with Crippen LogP contribution in [-0.2, 0) is 0 Å². The Bertz CT molecular complexity index is 954. The molecule has 0 atom stereocenters. The molecule has 3 aromatic carbocycles. The third-order valence-corrected chi connectivity index (χ3v) is 4.95. The van der Waals surface area contributed by atoms with E-state index in [0.29, 0.717) is 0 Å². The summed E-state index contributed by atoms with van der Waals surface area (Å²) in [6.07, 6.45) is 0. The van der Waals surface area contributed by atoms with Crippen molar-refractivity contribution in [1.82, 2.24) is 0 Å². The van der Waals surface area contributed by atoms with Crippen LogP contribution in [0.2, 0.25) is 0 Å². The predicted octanol–water partition coefficient (Wildman–Crippen LogP) is 6.62. The monoisotopic (exact) mass is 448 g/mol. The highest BCUT2D eigenvalue weighted by atomic mass is 127. The van der Waals surface area contributed by atoms with E-state index in [1.165, 1.54) is 9.13 Å². The fourth-order valence-corrected chi connectivity index (χ4v) is 3.63. The van der Waals surface area contributed by atoms with Crippen LogP contribution in [0.25, 0.3) is 33.1 Å². The molecule has 3 heteroatoms. The van der Waals surface area contributed by atoms with E-state index in [0.717, 1.165) is 32.0 Å². The van der Waals surface area contributed by atoms with Crippen molar-refractivity contribution in [1.29, 1.82) is 0 Å². The molecule has 4 aromatic rings. The number of benzene rings is 3. The van der Waals surface area contributed by atoms with Gasteiger partial charge in [-0.1, -0.05) is 30.3 Å². The van der Waals surface area contributed by atoms with Gasteiger partial charge in [-0.25, -0.2) is 0 Å². The first-order chi connectivity index (χ1) is 10.2. The summed E-state index contributed by atoms with van der Waals surface area (Å²) in [6.45, 7) is 0. The van der Waals surface area contributed by atoms with Crippen molar-refractivity contribution in [2.24, 2.45) is 0 Å². The zero-order valence-electron chi connectivity index (χ0n) is 10.9. The lowest BCUT2D eigenvalue weighted by Crippen LogP contribution is -1.80. The molecular weight excluding hydrogens is 439 g/mol. The van der Waals surface area contributed by atoms with Gasteiger partial charge in [-0.05, 0) is 80.0 Å². The predicted molar refractivity (Wildman–Crippen MR) is 99.6 cm³/mol. The van der Waals surface area contributed by atoms with Gasteiger partial charge in [0.2, 0.25) is 0 Å². The molecular formula is C18H10BrIO. The SMILES string of the molecule is Brc1cc(-c2ccc(I)cc2)cc2oc3ccccc3c12. The van der Waals surface area contributed by atoms with Crippen LogP contribution in [0.3, 0.4) is 0 Å². The summed E-state index contributed by atoms with van der Waals surface area (Å²) in [4.78, 5) is 0. The molecule has 0 aliphatic carbocycles. The Morgan fingerprint density at radius 2 is 1.57 bits per heavy atom. The van der Waals surface area contributed by atoms with Crippen LogP contribution in [0.5, 0.6) is 0 Å². The van der Waals surface area contributed by atoms with Crippen LogP contribution in [0.15, 0.2) is 69.6 Å². The van der Waals surface area contributed by atoms with Gasteiger partial charge in [-0.2, -0.15) is 0 Å². The molecule has 1 aromatic heterocycles. The van der Waals surface area contributed by atoms with Crippen molar-refractivity contribution in [3.8, 4) is 11.1 Å². The molecule has 0 amide bonds. The van der Waals surface area contributed by atoms with Crippen molar-refractivity contribution >= 4 is 60.5 Å². The van der Waals surface area contributed by atoms with E-state index in [9.17, 15) is 0 Å². The summed E-state index contributed by atoms with van der Waals surface area (Å²) in [5.41, 5.74) is 4.19. The second-order valence-corrected chi connectivity index (χ2v) is 7.04. The van der Waals surface area contributed by atoms with Gasteiger partial charge in [-0.3, -0.25) is 0 Å². The number of halogens is 2. The first-order valence-corrected chi connectivity index (χ1v) is 8.46. The van der Waals surface area contributed by atoms with Crippen molar-refractivity contribution in [2.45, 2.75) is 0 Å². The number of hydrogen-bond donors (Lipinski definition) is 0. The minimum Gasteiger partial charge on any atom is -0.456 e. The fourth-order valence-electron chi connectivity index (χ4n) is 2.61. The molecule has 21 heavy (non-hydrogen) atoms. The maximum Gasteiger partial charge on any atom is 0.137 e. The summed E-state index contributed by atoms with van der Waals surface area (Å²) in [5, 5.41) is 2.29. The van der Waals surface area contributed by atoms with Crippen LogP contribution >= 0.6 is 38.5 Å². The minimum absolute atomic E-state index is 0.916. The maximum atomic E-state index is 5.99. The van der Waals surface area contributed by atoms with Crippen LogP contribution in [-0.4, -0.2) is 0 Å². The second kappa shape index (κ2) is 5.14. The van der Waals surface area contributed by atoms with Gasteiger partial charge >= 0.3 is 0 Å². The van der Waals surface area contributed by atoms with Crippen molar-refractivity contribution < 1.29 is 4.42 Å². The fraction of sp³-hybridized carbons (Fsp3) is 0. The summed E-state index contributed by atoms with van der Waals surface area (Å²) in [5.74, 6) is 0. The summed E-state index contributed by atoms with van der Waals surface area (Å²) in [6, 6.07) is 20.9. The maximum absolute atomic E-state index is 5.99. The molecule has 4 rings (SSSR count). The summed E-state index contributed by atoms with van der Waals surface area (Å²) >= 11 is 6.02. The van der Waals surface area contributed by atoms with Gasteiger partial charge in [0.15, 0.2) is 0 Å². The van der Waals surface area contributed by atoms with E-state index < -0.39 is 0 Å². The Balaban J connectivity index is 2.00. The molecule has 102 valence electrons. The molecule has 0 saturated carbocycles. The van der Waals surface area contributed by atoms with Gasteiger partial charge < -0.3 is 4.42 Å². The normalized spacial score (nSPS) is 11.3. The van der Waals surface area contributed by atoms with Gasteiger partial charge in [0.05, 0.1) is 0 Å². The molecule has 0 aliphatic rings. The average Bonchev–Trinajstić information content (AvgIpc) is 2.86. The van der Waals surface area contributed by atoms with E-state index in [1.807, 2.05) is 18.2 Å². The Labute approximate surface area is 144 Å². The lowest BCUT2D eigenvalue weighted by molar-refractivity contribution is 0.669. The highest BCUT2D eigenvalue weighted by molar-refractivity contribution is 14.1. The highest BCUT2D eigenvalue weighted by Gasteiger charge is 2.11. The summed E-state index contributed by atoms with van der Waals surface area (Å²) < 4.78 is 8.29. The molecule has 0 unspecified atom stereocenters. The quantitative estimate of drug-likeness (QED) is 0.298. The topological polar surface area (TPSA) is 13.1 Å². The van der Waals surface area contributed by atoms with Crippen LogP contribution in [0.4, 0.5) is 0 Å². The van der Waals surface area contributed by atoms with Gasteiger partial charge in [-0.15, -0.1) is 0 Å². The van der Waals surface area contributed by atoms with E-state index in [-0.39, 0.29) is 0 Å². The zero-order chi connectivity index (χ0) is 14.4. The molecule has 0 radical (unpaired) electrons. The molecule has 0 bridgehead atoms. The second-order valence-electron chi connectivity index (χ2n) is 4.94. The Kier molecular flexibility index (Phi) is 3.27. The van der Waals surface area contributed by atoms with Crippen molar-refractivity contribution in [3.63, 3.8) is 0 Å². The minimum atomic E-state index is 0.916. The molecule has 1 nitrogen and oxygen atoms in total. The molecule has 1 heterocycles. The Morgan fingerprint density at radius 1 is 0.810 bits per heavy atom. The van der Waals surface area contributed by atoms with Gasteiger partial charge in [0, 0.05) is 18.8 Å². The third kappa shape index (κ3) is 2.28. The zero-order valence-corrected chi connectivity index (χ0v) is 14.7. The number of furan rings is 1. The average molecular weight is 449 g/mol. The summed E-state index contributed by atoms with van der Waals surface area (Å²) in [7, 11) is 0. The smallest absolute Gasteiger partial charge is 0.137 e. The number of rotatable bonds is 1. The molecule has 0 aliphatic heterocycles. The first-order valence-electron chi connectivity index (χ1n) is 6.59. The van der Waals surface area contributed by atoms with Crippen LogP contribution in [0.1, 0.15) is 0 Å². The molecule has 0 saturated heterocycles. The lowest BCUT2D eigenvalue weighted by Gasteiger charge is -2.04. The molecule has 0 fully saturated rings. The van der Waals surface area contributed by atoms with Crippen LogP contribution in [0, 0.1) is 3.57 Å². The number of fused-ring (bicyclic) bond motifs is 3. The molecule has 0 N–H and O–H groups in total. The lowest BCUT2D eigenvalue weighted by atomic mass is 10.0. The third-order valence-electron chi connectivity index (χ3n) is 3.61. The largest absolute Gasteiger partial charge is 0.456 e.